The highest BCUT2D eigenvalue weighted by molar-refractivity contribution is 5.89. The first-order valence-electron chi connectivity index (χ1n) is 9.48. The standard InChI is InChI=1S/C22H24N4O2/c1-28-13-12-25-15-17(18-6-2-4-8-20(18)25)14-22(27)23-10-11-26-16-24-19-7-3-5-9-21(19)26/h2-9,15-16H,10-14H2,1H3,(H,23,27). The first kappa shape index (κ1) is 18.3. The van der Waals surface area contributed by atoms with E-state index in [9.17, 15) is 4.79 Å². The van der Waals surface area contributed by atoms with Gasteiger partial charge in [-0.25, -0.2) is 4.98 Å². The van der Waals surface area contributed by atoms with Gasteiger partial charge in [0.1, 0.15) is 0 Å². The number of benzene rings is 2. The third-order valence-corrected chi connectivity index (χ3v) is 4.96. The molecule has 0 saturated heterocycles. The number of nitrogens with one attached hydrogen (secondary N) is 1. The van der Waals surface area contributed by atoms with Gasteiger partial charge in [-0.05, 0) is 23.8 Å². The molecule has 0 atom stereocenters. The van der Waals surface area contributed by atoms with Crippen molar-refractivity contribution in [1.82, 2.24) is 19.4 Å². The number of aromatic nitrogens is 3. The number of hydrogen-bond acceptors (Lipinski definition) is 3. The van der Waals surface area contributed by atoms with E-state index in [2.05, 4.69) is 37.8 Å². The van der Waals surface area contributed by atoms with Crippen molar-refractivity contribution in [2.75, 3.05) is 20.3 Å². The second-order valence-electron chi connectivity index (χ2n) is 6.81. The third kappa shape index (κ3) is 3.77. The van der Waals surface area contributed by atoms with E-state index in [1.807, 2.05) is 42.7 Å². The Hall–Kier alpha value is -3.12. The molecular formula is C22H24N4O2. The zero-order valence-corrected chi connectivity index (χ0v) is 16.0. The van der Waals surface area contributed by atoms with E-state index in [1.54, 1.807) is 7.11 Å². The number of para-hydroxylation sites is 3. The maximum Gasteiger partial charge on any atom is 0.224 e. The normalized spacial score (nSPS) is 11.3. The smallest absolute Gasteiger partial charge is 0.224 e. The lowest BCUT2D eigenvalue weighted by atomic mass is 10.1. The molecule has 0 spiro atoms. The highest BCUT2D eigenvalue weighted by Gasteiger charge is 2.12. The Morgan fingerprint density at radius 3 is 2.68 bits per heavy atom. The summed E-state index contributed by atoms with van der Waals surface area (Å²) in [4.78, 5) is 16.9. The lowest BCUT2D eigenvalue weighted by molar-refractivity contribution is -0.120. The Morgan fingerprint density at radius 1 is 1.04 bits per heavy atom. The van der Waals surface area contributed by atoms with E-state index in [-0.39, 0.29) is 5.91 Å². The van der Waals surface area contributed by atoms with E-state index in [0.717, 1.165) is 34.0 Å². The van der Waals surface area contributed by atoms with Crippen molar-refractivity contribution >= 4 is 27.8 Å². The number of fused-ring (bicyclic) bond motifs is 2. The van der Waals surface area contributed by atoms with Gasteiger partial charge in [0.05, 0.1) is 30.4 Å². The second-order valence-corrected chi connectivity index (χ2v) is 6.81. The molecule has 1 amide bonds. The van der Waals surface area contributed by atoms with Gasteiger partial charge >= 0.3 is 0 Å². The fourth-order valence-electron chi connectivity index (χ4n) is 3.58. The zero-order valence-electron chi connectivity index (χ0n) is 16.0. The number of ether oxygens (including phenoxy) is 1. The number of amides is 1. The van der Waals surface area contributed by atoms with Gasteiger partial charge in [-0.1, -0.05) is 30.3 Å². The summed E-state index contributed by atoms with van der Waals surface area (Å²) in [5.74, 6) is 0.0269. The average molecular weight is 376 g/mol. The van der Waals surface area contributed by atoms with Crippen LogP contribution < -0.4 is 5.32 Å². The van der Waals surface area contributed by atoms with Crippen molar-refractivity contribution in [3.05, 3.63) is 66.6 Å². The maximum atomic E-state index is 12.5. The predicted molar refractivity (Wildman–Crippen MR) is 110 cm³/mol. The van der Waals surface area contributed by atoms with Crippen LogP contribution in [-0.4, -0.2) is 40.3 Å². The predicted octanol–water partition coefficient (Wildman–Crippen LogP) is 3.00. The SMILES string of the molecule is COCCn1cc(CC(=O)NCCn2cnc3ccccc32)c2ccccc21. The molecule has 4 rings (SSSR count). The van der Waals surface area contributed by atoms with Crippen molar-refractivity contribution in [2.45, 2.75) is 19.5 Å². The first-order valence-corrected chi connectivity index (χ1v) is 9.48. The highest BCUT2D eigenvalue weighted by atomic mass is 16.5. The molecule has 144 valence electrons. The molecule has 2 aromatic heterocycles. The first-order chi connectivity index (χ1) is 13.8. The molecule has 2 heterocycles. The van der Waals surface area contributed by atoms with Gasteiger partial charge in [-0.2, -0.15) is 0 Å². The average Bonchev–Trinajstić information content (AvgIpc) is 3.28. The molecule has 0 unspecified atom stereocenters. The summed E-state index contributed by atoms with van der Waals surface area (Å²) in [5, 5.41) is 4.15. The van der Waals surface area contributed by atoms with Crippen LogP contribution in [-0.2, 0) is 29.0 Å². The lowest BCUT2D eigenvalue weighted by Gasteiger charge is -2.07. The molecular weight excluding hydrogens is 352 g/mol. The van der Waals surface area contributed by atoms with Gasteiger partial charge in [-0.3, -0.25) is 4.79 Å². The summed E-state index contributed by atoms with van der Waals surface area (Å²) in [6, 6.07) is 16.2. The summed E-state index contributed by atoms with van der Waals surface area (Å²) < 4.78 is 9.41. The van der Waals surface area contributed by atoms with Crippen LogP contribution in [0.25, 0.3) is 21.9 Å². The quantitative estimate of drug-likeness (QED) is 0.514. The van der Waals surface area contributed by atoms with Crippen molar-refractivity contribution in [3.63, 3.8) is 0 Å². The van der Waals surface area contributed by atoms with Gasteiger partial charge in [-0.15, -0.1) is 0 Å². The van der Waals surface area contributed by atoms with Crippen LogP contribution in [0, 0.1) is 0 Å². The molecule has 0 fully saturated rings. The summed E-state index contributed by atoms with van der Waals surface area (Å²) in [5.41, 5.74) is 4.22. The van der Waals surface area contributed by atoms with Crippen LogP contribution in [0.15, 0.2) is 61.1 Å². The van der Waals surface area contributed by atoms with Crippen molar-refractivity contribution in [3.8, 4) is 0 Å². The van der Waals surface area contributed by atoms with Gasteiger partial charge in [0.15, 0.2) is 0 Å². The number of carbonyl (C=O) groups excluding carboxylic acids is 1. The van der Waals surface area contributed by atoms with Gasteiger partial charge in [0.25, 0.3) is 0 Å². The molecule has 0 aliphatic heterocycles. The van der Waals surface area contributed by atoms with E-state index in [1.165, 1.54) is 0 Å². The molecule has 2 aromatic carbocycles. The van der Waals surface area contributed by atoms with Crippen LogP contribution in [0.4, 0.5) is 0 Å². The molecule has 28 heavy (non-hydrogen) atoms. The van der Waals surface area contributed by atoms with Gasteiger partial charge < -0.3 is 19.2 Å². The minimum atomic E-state index is 0.0269. The van der Waals surface area contributed by atoms with Crippen molar-refractivity contribution in [1.29, 1.82) is 0 Å². The Labute approximate surface area is 163 Å². The summed E-state index contributed by atoms with van der Waals surface area (Å²) in [6.07, 6.45) is 4.25. The number of methoxy groups -OCH3 is 1. The number of rotatable bonds is 8. The summed E-state index contributed by atoms with van der Waals surface area (Å²) >= 11 is 0. The fraction of sp³-hybridized carbons (Fsp3) is 0.273. The number of hydrogen-bond donors (Lipinski definition) is 1. The van der Waals surface area contributed by atoms with Crippen LogP contribution in [0.3, 0.4) is 0 Å². The van der Waals surface area contributed by atoms with E-state index in [4.69, 9.17) is 4.74 Å². The summed E-state index contributed by atoms with van der Waals surface area (Å²) in [7, 11) is 1.70. The molecule has 6 nitrogen and oxygen atoms in total. The Morgan fingerprint density at radius 2 is 1.82 bits per heavy atom. The largest absolute Gasteiger partial charge is 0.383 e. The number of imidazole rings is 1. The molecule has 4 aromatic rings. The Kier molecular flexibility index (Phi) is 5.39. The number of carbonyl (C=O) groups is 1. The van der Waals surface area contributed by atoms with Gasteiger partial charge in [0.2, 0.25) is 5.91 Å². The number of nitrogens with zero attached hydrogens (tertiary/aromatic N) is 3. The minimum Gasteiger partial charge on any atom is -0.383 e. The topological polar surface area (TPSA) is 61.1 Å². The summed E-state index contributed by atoms with van der Waals surface area (Å²) in [6.45, 7) is 2.68. The van der Waals surface area contributed by atoms with Crippen molar-refractivity contribution in [2.24, 2.45) is 0 Å². The fourth-order valence-corrected chi connectivity index (χ4v) is 3.58. The van der Waals surface area contributed by atoms with Crippen LogP contribution in [0.2, 0.25) is 0 Å². The lowest BCUT2D eigenvalue weighted by Crippen LogP contribution is -2.28. The third-order valence-electron chi connectivity index (χ3n) is 4.96. The second kappa shape index (κ2) is 8.27. The van der Waals surface area contributed by atoms with E-state index in [0.29, 0.717) is 26.1 Å². The molecule has 0 bridgehead atoms. The highest BCUT2D eigenvalue weighted by Crippen LogP contribution is 2.21. The van der Waals surface area contributed by atoms with Crippen LogP contribution >= 0.6 is 0 Å². The molecule has 1 N–H and O–H groups in total. The maximum absolute atomic E-state index is 12.5. The molecule has 0 aliphatic rings. The van der Waals surface area contributed by atoms with E-state index < -0.39 is 0 Å². The molecule has 0 saturated carbocycles. The van der Waals surface area contributed by atoms with Crippen molar-refractivity contribution < 1.29 is 9.53 Å². The minimum absolute atomic E-state index is 0.0269. The zero-order chi connectivity index (χ0) is 19.3. The Bertz CT molecular complexity index is 1100. The van der Waals surface area contributed by atoms with E-state index >= 15 is 0 Å². The monoisotopic (exact) mass is 376 g/mol. The molecule has 0 radical (unpaired) electrons. The molecule has 0 aliphatic carbocycles. The van der Waals surface area contributed by atoms with Crippen LogP contribution in [0.1, 0.15) is 5.56 Å². The molecule has 6 heteroatoms. The van der Waals surface area contributed by atoms with Crippen LogP contribution in [0.5, 0.6) is 0 Å². The van der Waals surface area contributed by atoms with Gasteiger partial charge in [0, 0.05) is 43.8 Å². The Balaban J connectivity index is 1.40.